The molecule has 1 aromatic heterocycles. The molecule has 1 amide bonds. The van der Waals surface area contributed by atoms with Gasteiger partial charge in [-0.15, -0.1) is 11.3 Å². The smallest absolute Gasteiger partial charge is 0.244 e. The van der Waals surface area contributed by atoms with E-state index in [-0.39, 0.29) is 17.3 Å². The number of aryl methyl sites for hydroxylation is 2. The van der Waals surface area contributed by atoms with Gasteiger partial charge in [0.05, 0.1) is 10.6 Å². The third kappa shape index (κ3) is 3.66. The topological polar surface area (TPSA) is 79.4 Å². The van der Waals surface area contributed by atoms with E-state index >= 15 is 0 Å². The summed E-state index contributed by atoms with van der Waals surface area (Å²) in [5.41, 5.74) is 3.22. The Kier molecular flexibility index (Phi) is 5.11. The van der Waals surface area contributed by atoms with E-state index in [0.717, 1.165) is 41.1 Å². The molecule has 0 bridgehead atoms. The third-order valence-electron chi connectivity index (χ3n) is 5.75. The molecular formula is C22H20FN3O3S2. The van der Waals surface area contributed by atoms with Gasteiger partial charge in [0.1, 0.15) is 11.9 Å². The summed E-state index contributed by atoms with van der Waals surface area (Å²) in [5.74, 6) is -0.897. The lowest BCUT2D eigenvalue weighted by atomic mass is 9.94. The number of anilines is 1. The van der Waals surface area contributed by atoms with Crippen LogP contribution in [0.15, 0.2) is 53.4 Å². The Balaban J connectivity index is 1.37. The molecule has 1 saturated heterocycles. The first-order chi connectivity index (χ1) is 14.9. The van der Waals surface area contributed by atoms with Crippen molar-refractivity contribution in [3.63, 3.8) is 0 Å². The minimum Gasteiger partial charge on any atom is -0.301 e. The lowest BCUT2D eigenvalue weighted by Crippen LogP contribution is -2.43. The Labute approximate surface area is 183 Å². The van der Waals surface area contributed by atoms with Crippen LogP contribution in [0.2, 0.25) is 0 Å². The van der Waals surface area contributed by atoms with Gasteiger partial charge in [0.2, 0.25) is 15.9 Å². The molecule has 0 spiro atoms. The molecule has 1 N–H and O–H groups in total. The highest BCUT2D eigenvalue weighted by atomic mass is 32.2. The number of sulfonamides is 1. The molecule has 0 saturated carbocycles. The van der Waals surface area contributed by atoms with Crippen LogP contribution >= 0.6 is 11.3 Å². The van der Waals surface area contributed by atoms with E-state index in [2.05, 4.69) is 16.4 Å². The molecule has 1 aliphatic carbocycles. The van der Waals surface area contributed by atoms with Crippen molar-refractivity contribution in [1.29, 1.82) is 0 Å². The molecule has 31 heavy (non-hydrogen) atoms. The largest absolute Gasteiger partial charge is 0.301 e. The van der Waals surface area contributed by atoms with E-state index in [0.29, 0.717) is 18.0 Å². The maximum Gasteiger partial charge on any atom is 0.244 e. The zero-order chi connectivity index (χ0) is 21.6. The first-order valence-electron chi connectivity index (χ1n) is 10.1. The van der Waals surface area contributed by atoms with E-state index in [9.17, 15) is 17.6 Å². The highest BCUT2D eigenvalue weighted by molar-refractivity contribution is 7.89. The van der Waals surface area contributed by atoms with Gasteiger partial charge < -0.3 is 5.32 Å². The quantitative estimate of drug-likeness (QED) is 0.646. The number of benzene rings is 2. The summed E-state index contributed by atoms with van der Waals surface area (Å²) in [4.78, 5) is 18.7. The average Bonchev–Trinajstić information content (AvgIpc) is 3.41. The molecule has 160 valence electrons. The van der Waals surface area contributed by atoms with E-state index in [1.165, 1.54) is 33.3 Å². The number of halogens is 1. The van der Waals surface area contributed by atoms with E-state index in [4.69, 9.17) is 0 Å². The number of fused-ring (bicyclic) bond motifs is 3. The summed E-state index contributed by atoms with van der Waals surface area (Å²) in [6.45, 7) is 0.250. The minimum atomic E-state index is -3.90. The van der Waals surface area contributed by atoms with E-state index in [1.807, 2.05) is 18.2 Å². The molecule has 2 aromatic carbocycles. The Morgan fingerprint density at radius 3 is 2.71 bits per heavy atom. The molecule has 1 fully saturated rings. The average molecular weight is 458 g/mol. The Hall–Kier alpha value is -2.62. The summed E-state index contributed by atoms with van der Waals surface area (Å²) in [5, 5.41) is 3.32. The number of amides is 1. The number of carbonyl (C=O) groups excluding carboxylic acids is 1. The summed E-state index contributed by atoms with van der Waals surface area (Å²) >= 11 is 1.44. The number of thiazole rings is 1. The molecule has 9 heteroatoms. The van der Waals surface area contributed by atoms with Crippen LogP contribution in [0.1, 0.15) is 23.3 Å². The second-order valence-corrected chi connectivity index (χ2v) is 10.6. The van der Waals surface area contributed by atoms with Crippen LogP contribution in [0.4, 0.5) is 9.52 Å². The molecule has 2 aliphatic rings. The molecule has 1 aliphatic heterocycles. The molecule has 1 unspecified atom stereocenters. The van der Waals surface area contributed by atoms with Gasteiger partial charge in [-0.2, -0.15) is 4.31 Å². The monoisotopic (exact) mass is 457 g/mol. The Morgan fingerprint density at radius 1 is 1.13 bits per heavy atom. The van der Waals surface area contributed by atoms with Crippen LogP contribution in [0.25, 0.3) is 11.3 Å². The Morgan fingerprint density at radius 2 is 1.90 bits per heavy atom. The number of hydrogen-bond donors (Lipinski definition) is 1. The predicted octanol–water partition coefficient (Wildman–Crippen LogP) is 3.84. The van der Waals surface area contributed by atoms with Gasteiger partial charge in [-0.05, 0) is 55.5 Å². The molecule has 0 radical (unpaired) electrons. The lowest BCUT2D eigenvalue weighted by molar-refractivity contribution is -0.119. The van der Waals surface area contributed by atoms with Crippen LogP contribution in [0.3, 0.4) is 0 Å². The van der Waals surface area contributed by atoms with Gasteiger partial charge in [-0.3, -0.25) is 4.79 Å². The van der Waals surface area contributed by atoms with Crippen LogP contribution in [0.5, 0.6) is 0 Å². The highest BCUT2D eigenvalue weighted by Crippen LogP contribution is 2.38. The summed E-state index contributed by atoms with van der Waals surface area (Å²) in [6, 6.07) is 12.0. The number of rotatable bonds is 4. The van der Waals surface area contributed by atoms with Gasteiger partial charge in [-0.25, -0.2) is 17.8 Å². The fourth-order valence-electron chi connectivity index (χ4n) is 4.22. The summed E-state index contributed by atoms with van der Waals surface area (Å²) in [6.07, 6.45) is 2.82. The van der Waals surface area contributed by atoms with Gasteiger partial charge in [0.25, 0.3) is 0 Å². The zero-order valence-corrected chi connectivity index (χ0v) is 18.2. The van der Waals surface area contributed by atoms with Gasteiger partial charge in [0, 0.05) is 17.0 Å². The maximum absolute atomic E-state index is 13.2. The van der Waals surface area contributed by atoms with Gasteiger partial charge >= 0.3 is 0 Å². The molecule has 2 heterocycles. The Bertz CT molecular complexity index is 1260. The fraction of sp³-hybridized carbons (Fsp3) is 0.273. The summed E-state index contributed by atoms with van der Waals surface area (Å²) in [7, 11) is -3.90. The number of hydrogen-bond acceptors (Lipinski definition) is 5. The zero-order valence-electron chi connectivity index (χ0n) is 16.5. The minimum absolute atomic E-state index is 0.0186. The number of aromatic nitrogens is 1. The van der Waals surface area contributed by atoms with Crippen molar-refractivity contribution < 1.29 is 17.6 Å². The van der Waals surface area contributed by atoms with Crippen LogP contribution in [0, 0.1) is 5.82 Å². The van der Waals surface area contributed by atoms with E-state index in [1.54, 1.807) is 0 Å². The first kappa shape index (κ1) is 20.3. The second-order valence-electron chi connectivity index (χ2n) is 7.66. The van der Waals surface area contributed by atoms with Crippen molar-refractivity contribution in [2.24, 2.45) is 0 Å². The SMILES string of the molecule is O=C(Nc1nc2c(s1)CCc1ccccc1-2)C1CCCN1S(=O)(=O)c1ccc(F)cc1. The fourth-order valence-corrected chi connectivity index (χ4v) is 6.86. The van der Waals surface area contributed by atoms with E-state index < -0.39 is 21.9 Å². The van der Waals surface area contributed by atoms with Gasteiger partial charge in [0.15, 0.2) is 5.13 Å². The molecule has 3 aromatic rings. The van der Waals surface area contributed by atoms with Crippen LogP contribution in [-0.2, 0) is 27.7 Å². The molecule has 6 nitrogen and oxygen atoms in total. The van der Waals surface area contributed by atoms with Crippen LogP contribution in [-0.4, -0.2) is 36.2 Å². The van der Waals surface area contributed by atoms with Crippen molar-refractivity contribution >= 4 is 32.4 Å². The normalized spacial score (nSPS) is 18.4. The van der Waals surface area contributed by atoms with Crippen molar-refractivity contribution in [2.75, 3.05) is 11.9 Å². The van der Waals surface area contributed by atoms with Gasteiger partial charge in [-0.1, -0.05) is 24.3 Å². The van der Waals surface area contributed by atoms with Crippen LogP contribution < -0.4 is 5.32 Å². The second kappa shape index (κ2) is 7.81. The molecule has 1 atom stereocenters. The standard InChI is InChI=1S/C22H20FN3O3S2/c23-15-8-10-16(11-9-15)31(28,29)26-13-3-6-18(26)21(27)25-22-24-20-17-5-2-1-4-14(17)7-12-19(20)30-22/h1-2,4-5,8-11,18H,3,6-7,12-13H2,(H,24,25,27). The lowest BCUT2D eigenvalue weighted by Gasteiger charge is -2.23. The number of nitrogens with zero attached hydrogens (tertiary/aromatic N) is 2. The predicted molar refractivity (Wildman–Crippen MR) is 117 cm³/mol. The highest BCUT2D eigenvalue weighted by Gasteiger charge is 2.39. The number of carbonyl (C=O) groups is 1. The molecular weight excluding hydrogens is 437 g/mol. The van der Waals surface area contributed by atoms with Crippen molar-refractivity contribution in [3.8, 4) is 11.3 Å². The van der Waals surface area contributed by atoms with Crippen molar-refractivity contribution in [1.82, 2.24) is 9.29 Å². The molecule has 5 rings (SSSR count). The van der Waals surface area contributed by atoms with Crippen molar-refractivity contribution in [3.05, 3.63) is 64.8 Å². The number of nitrogens with one attached hydrogen (secondary N) is 1. The third-order valence-corrected chi connectivity index (χ3v) is 8.70. The summed E-state index contributed by atoms with van der Waals surface area (Å²) < 4.78 is 40.5. The first-order valence-corrected chi connectivity index (χ1v) is 12.4. The maximum atomic E-state index is 13.2. The van der Waals surface area contributed by atoms with Crippen molar-refractivity contribution in [2.45, 2.75) is 36.6 Å².